The second kappa shape index (κ2) is 4.03. The Morgan fingerprint density at radius 3 is 2.40 bits per heavy atom. The van der Waals surface area contributed by atoms with Crippen molar-refractivity contribution >= 4 is 10.8 Å². The first-order chi connectivity index (χ1) is 7.24. The highest BCUT2D eigenvalue weighted by atomic mass is 14.9. The van der Waals surface area contributed by atoms with Gasteiger partial charge < -0.3 is 5.32 Å². The Labute approximate surface area is 91.1 Å². The van der Waals surface area contributed by atoms with Crippen LogP contribution in [0.5, 0.6) is 0 Å². The van der Waals surface area contributed by atoms with E-state index in [2.05, 4.69) is 55.6 Å². The third-order valence-electron chi connectivity index (χ3n) is 3.07. The number of hydrogen-bond donors (Lipinski definition) is 1. The van der Waals surface area contributed by atoms with Crippen LogP contribution in [-0.2, 0) is 0 Å². The Balaban J connectivity index is 2.71. The van der Waals surface area contributed by atoms with Crippen molar-refractivity contribution in [2.45, 2.75) is 19.9 Å². The molecular formula is C14H17N. The number of nitrogens with one attached hydrogen (secondary N) is 1. The molecule has 1 nitrogen and oxygen atoms in total. The Kier molecular flexibility index (Phi) is 2.74. The van der Waals surface area contributed by atoms with Crippen molar-refractivity contribution in [3.63, 3.8) is 0 Å². The average Bonchev–Trinajstić information content (AvgIpc) is 2.28. The molecule has 0 amide bonds. The highest BCUT2D eigenvalue weighted by molar-refractivity contribution is 5.88. The number of benzene rings is 2. The minimum absolute atomic E-state index is 0.399. The lowest BCUT2D eigenvalue weighted by molar-refractivity contribution is 0.657. The van der Waals surface area contributed by atoms with Gasteiger partial charge in [0.2, 0.25) is 0 Å². The molecule has 15 heavy (non-hydrogen) atoms. The first-order valence-corrected chi connectivity index (χ1v) is 5.39. The molecule has 0 spiro atoms. The molecule has 0 heterocycles. The average molecular weight is 199 g/mol. The fourth-order valence-electron chi connectivity index (χ4n) is 2.02. The maximum atomic E-state index is 3.29. The predicted molar refractivity (Wildman–Crippen MR) is 66.2 cm³/mol. The van der Waals surface area contributed by atoms with Gasteiger partial charge in [0.1, 0.15) is 0 Å². The Hall–Kier alpha value is -1.34. The van der Waals surface area contributed by atoms with Crippen LogP contribution in [0.3, 0.4) is 0 Å². The van der Waals surface area contributed by atoms with E-state index in [-0.39, 0.29) is 0 Å². The molecule has 0 bridgehead atoms. The lowest BCUT2D eigenvalue weighted by Crippen LogP contribution is -2.12. The summed E-state index contributed by atoms with van der Waals surface area (Å²) in [4.78, 5) is 0. The summed E-state index contributed by atoms with van der Waals surface area (Å²) in [6.45, 7) is 4.35. The fourth-order valence-corrected chi connectivity index (χ4v) is 2.02. The summed E-state index contributed by atoms with van der Waals surface area (Å²) >= 11 is 0. The Morgan fingerprint density at radius 2 is 1.67 bits per heavy atom. The maximum Gasteiger partial charge on any atom is 0.0295 e. The lowest BCUT2D eigenvalue weighted by atomic mass is 9.97. The molecule has 0 saturated carbocycles. The predicted octanol–water partition coefficient (Wildman–Crippen LogP) is 3.43. The SMILES string of the molecule is CNC(C)c1cccc2c(C)cccc12. The van der Waals surface area contributed by atoms with Crippen LogP contribution in [0.2, 0.25) is 0 Å². The molecule has 1 N–H and O–H groups in total. The van der Waals surface area contributed by atoms with Gasteiger partial charge in [0.25, 0.3) is 0 Å². The highest BCUT2D eigenvalue weighted by Gasteiger charge is 2.07. The molecule has 0 aliphatic heterocycles. The third kappa shape index (κ3) is 1.75. The van der Waals surface area contributed by atoms with E-state index in [4.69, 9.17) is 0 Å². The van der Waals surface area contributed by atoms with E-state index >= 15 is 0 Å². The summed E-state index contributed by atoms with van der Waals surface area (Å²) in [7, 11) is 2.00. The summed E-state index contributed by atoms with van der Waals surface area (Å²) in [5.41, 5.74) is 2.72. The molecule has 0 aliphatic rings. The van der Waals surface area contributed by atoms with Crippen LogP contribution in [-0.4, -0.2) is 7.05 Å². The minimum atomic E-state index is 0.399. The number of fused-ring (bicyclic) bond motifs is 1. The van der Waals surface area contributed by atoms with Gasteiger partial charge in [-0.15, -0.1) is 0 Å². The lowest BCUT2D eigenvalue weighted by Gasteiger charge is -2.14. The summed E-state index contributed by atoms with van der Waals surface area (Å²) in [5.74, 6) is 0. The van der Waals surface area contributed by atoms with Crippen molar-refractivity contribution in [2.24, 2.45) is 0 Å². The minimum Gasteiger partial charge on any atom is -0.313 e. The van der Waals surface area contributed by atoms with Gasteiger partial charge in [-0.05, 0) is 42.8 Å². The van der Waals surface area contributed by atoms with Gasteiger partial charge in [0.15, 0.2) is 0 Å². The normalized spacial score (nSPS) is 13.0. The van der Waals surface area contributed by atoms with Crippen LogP contribution in [0.25, 0.3) is 10.8 Å². The first-order valence-electron chi connectivity index (χ1n) is 5.39. The summed E-state index contributed by atoms with van der Waals surface area (Å²) in [6.07, 6.45) is 0. The van der Waals surface area contributed by atoms with E-state index in [0.29, 0.717) is 6.04 Å². The van der Waals surface area contributed by atoms with Gasteiger partial charge >= 0.3 is 0 Å². The molecule has 2 aromatic rings. The molecule has 2 rings (SSSR count). The summed E-state index contributed by atoms with van der Waals surface area (Å²) in [6, 6.07) is 13.4. The second-order valence-electron chi connectivity index (χ2n) is 4.03. The molecular weight excluding hydrogens is 182 g/mol. The zero-order chi connectivity index (χ0) is 10.8. The molecule has 1 atom stereocenters. The molecule has 78 valence electrons. The molecule has 0 aromatic heterocycles. The molecule has 2 aromatic carbocycles. The highest BCUT2D eigenvalue weighted by Crippen LogP contribution is 2.25. The molecule has 0 fully saturated rings. The molecule has 1 unspecified atom stereocenters. The third-order valence-corrected chi connectivity index (χ3v) is 3.07. The van der Waals surface area contributed by atoms with Crippen molar-refractivity contribution in [1.82, 2.24) is 5.32 Å². The fraction of sp³-hybridized carbons (Fsp3) is 0.286. The van der Waals surface area contributed by atoms with E-state index in [1.807, 2.05) is 7.05 Å². The molecule has 0 radical (unpaired) electrons. The van der Waals surface area contributed by atoms with Gasteiger partial charge in [-0.25, -0.2) is 0 Å². The van der Waals surface area contributed by atoms with Gasteiger partial charge in [0, 0.05) is 6.04 Å². The second-order valence-corrected chi connectivity index (χ2v) is 4.03. The van der Waals surface area contributed by atoms with Gasteiger partial charge in [-0.1, -0.05) is 36.4 Å². The van der Waals surface area contributed by atoms with Crippen LogP contribution >= 0.6 is 0 Å². The van der Waals surface area contributed by atoms with Crippen LogP contribution < -0.4 is 5.32 Å². The maximum absolute atomic E-state index is 3.29. The van der Waals surface area contributed by atoms with Gasteiger partial charge in [0.05, 0.1) is 0 Å². The van der Waals surface area contributed by atoms with Crippen LogP contribution in [0.4, 0.5) is 0 Å². The monoisotopic (exact) mass is 199 g/mol. The van der Waals surface area contributed by atoms with E-state index in [1.54, 1.807) is 0 Å². The van der Waals surface area contributed by atoms with E-state index in [1.165, 1.54) is 21.9 Å². The van der Waals surface area contributed by atoms with Crippen molar-refractivity contribution in [1.29, 1.82) is 0 Å². The van der Waals surface area contributed by atoms with Crippen LogP contribution in [0.1, 0.15) is 24.1 Å². The van der Waals surface area contributed by atoms with E-state index < -0.39 is 0 Å². The summed E-state index contributed by atoms with van der Waals surface area (Å²) in [5, 5.41) is 6.01. The van der Waals surface area contributed by atoms with E-state index in [9.17, 15) is 0 Å². The standard InChI is InChI=1S/C14H17N/c1-10-6-4-9-14-12(10)7-5-8-13(14)11(2)15-3/h4-9,11,15H,1-3H3. The molecule has 1 heteroatoms. The largest absolute Gasteiger partial charge is 0.313 e. The Bertz CT molecular complexity index is 474. The molecule has 0 aliphatic carbocycles. The van der Waals surface area contributed by atoms with Crippen LogP contribution in [0.15, 0.2) is 36.4 Å². The Morgan fingerprint density at radius 1 is 1.00 bits per heavy atom. The quantitative estimate of drug-likeness (QED) is 0.781. The van der Waals surface area contributed by atoms with Crippen molar-refractivity contribution in [3.05, 3.63) is 47.5 Å². The van der Waals surface area contributed by atoms with Crippen LogP contribution in [0, 0.1) is 6.92 Å². The smallest absolute Gasteiger partial charge is 0.0295 e. The van der Waals surface area contributed by atoms with Gasteiger partial charge in [-0.2, -0.15) is 0 Å². The van der Waals surface area contributed by atoms with Crippen molar-refractivity contribution < 1.29 is 0 Å². The van der Waals surface area contributed by atoms with Crippen molar-refractivity contribution in [2.75, 3.05) is 7.05 Å². The van der Waals surface area contributed by atoms with E-state index in [0.717, 1.165) is 0 Å². The topological polar surface area (TPSA) is 12.0 Å². The van der Waals surface area contributed by atoms with Gasteiger partial charge in [-0.3, -0.25) is 0 Å². The van der Waals surface area contributed by atoms with Crippen molar-refractivity contribution in [3.8, 4) is 0 Å². The summed E-state index contributed by atoms with van der Waals surface area (Å²) < 4.78 is 0. The molecule has 0 saturated heterocycles. The number of rotatable bonds is 2. The number of aryl methyl sites for hydroxylation is 1. The number of hydrogen-bond acceptors (Lipinski definition) is 1. The zero-order valence-corrected chi connectivity index (χ0v) is 9.54. The first kappa shape index (κ1) is 10.2. The zero-order valence-electron chi connectivity index (χ0n) is 9.54.